The van der Waals surface area contributed by atoms with Gasteiger partial charge in [-0.1, -0.05) is 0 Å². The van der Waals surface area contributed by atoms with E-state index < -0.39 is 0 Å². The molecule has 5 heteroatoms. The van der Waals surface area contributed by atoms with Crippen molar-refractivity contribution in [1.82, 2.24) is 15.2 Å². The van der Waals surface area contributed by atoms with Gasteiger partial charge >= 0.3 is 0 Å². The van der Waals surface area contributed by atoms with Crippen LogP contribution in [0.4, 0.5) is 0 Å². The number of rotatable bonds is 4. The summed E-state index contributed by atoms with van der Waals surface area (Å²) in [7, 11) is 3.66. The highest BCUT2D eigenvalue weighted by Gasteiger charge is 2.11. The van der Waals surface area contributed by atoms with E-state index in [9.17, 15) is 4.79 Å². The molecule has 0 unspecified atom stereocenters. The second-order valence-electron chi connectivity index (χ2n) is 2.70. The maximum atomic E-state index is 11.6. The van der Waals surface area contributed by atoms with Crippen molar-refractivity contribution in [2.75, 3.05) is 27.2 Å². The van der Waals surface area contributed by atoms with Gasteiger partial charge in [0, 0.05) is 20.1 Å². The topological polar surface area (TPSA) is 45.2 Å². The van der Waals surface area contributed by atoms with Gasteiger partial charge in [0.1, 0.15) is 4.88 Å². The van der Waals surface area contributed by atoms with Gasteiger partial charge in [0.05, 0.1) is 11.7 Å². The third-order valence-corrected chi connectivity index (χ3v) is 2.45. The van der Waals surface area contributed by atoms with E-state index >= 15 is 0 Å². The van der Waals surface area contributed by atoms with E-state index in [1.54, 1.807) is 23.7 Å². The van der Waals surface area contributed by atoms with E-state index in [-0.39, 0.29) is 5.91 Å². The summed E-state index contributed by atoms with van der Waals surface area (Å²) in [4.78, 5) is 17.8. The molecular formula is C8H13N3OS. The lowest BCUT2D eigenvalue weighted by Gasteiger charge is -2.15. The lowest BCUT2D eigenvalue weighted by molar-refractivity contribution is 0.0801. The molecule has 0 saturated carbocycles. The van der Waals surface area contributed by atoms with Gasteiger partial charge < -0.3 is 10.2 Å². The molecule has 1 aromatic heterocycles. The van der Waals surface area contributed by atoms with Gasteiger partial charge in [0.25, 0.3) is 5.91 Å². The number of aromatic nitrogens is 1. The van der Waals surface area contributed by atoms with Crippen molar-refractivity contribution >= 4 is 17.2 Å². The second-order valence-corrected chi connectivity index (χ2v) is 3.58. The van der Waals surface area contributed by atoms with Crippen LogP contribution in [0.15, 0.2) is 11.7 Å². The first-order chi connectivity index (χ1) is 6.25. The zero-order chi connectivity index (χ0) is 9.68. The van der Waals surface area contributed by atoms with Crippen LogP contribution in [0.3, 0.4) is 0 Å². The summed E-state index contributed by atoms with van der Waals surface area (Å²) in [5.74, 6) is 0.0396. The first-order valence-electron chi connectivity index (χ1n) is 4.04. The molecule has 13 heavy (non-hydrogen) atoms. The number of thiazole rings is 1. The highest BCUT2D eigenvalue weighted by atomic mass is 32.1. The number of hydrogen-bond donors (Lipinski definition) is 1. The maximum Gasteiger partial charge on any atom is 0.265 e. The summed E-state index contributed by atoms with van der Waals surface area (Å²) < 4.78 is 0. The highest BCUT2D eigenvalue weighted by molar-refractivity contribution is 7.11. The molecule has 0 aromatic carbocycles. The molecular weight excluding hydrogens is 186 g/mol. The summed E-state index contributed by atoms with van der Waals surface area (Å²) in [6, 6.07) is 0. The fourth-order valence-electron chi connectivity index (χ4n) is 0.891. The minimum atomic E-state index is 0.0396. The largest absolute Gasteiger partial charge is 0.340 e. The van der Waals surface area contributed by atoms with Crippen LogP contribution in [0.1, 0.15) is 9.67 Å². The molecule has 1 rings (SSSR count). The Hall–Kier alpha value is -0.940. The van der Waals surface area contributed by atoms with Crippen molar-refractivity contribution in [2.45, 2.75) is 0 Å². The lowest BCUT2D eigenvalue weighted by Crippen LogP contribution is -2.32. The second kappa shape index (κ2) is 4.94. The monoisotopic (exact) mass is 199 g/mol. The first-order valence-corrected chi connectivity index (χ1v) is 4.92. The van der Waals surface area contributed by atoms with Crippen LogP contribution in [0.25, 0.3) is 0 Å². The van der Waals surface area contributed by atoms with Crippen LogP contribution in [0.2, 0.25) is 0 Å². The van der Waals surface area contributed by atoms with Crippen LogP contribution in [-0.4, -0.2) is 43.0 Å². The molecule has 1 aromatic rings. The SMILES string of the molecule is CNCCN(C)C(=O)c1cncs1. The Morgan fingerprint density at radius 2 is 2.54 bits per heavy atom. The van der Waals surface area contributed by atoms with Gasteiger partial charge in [0.2, 0.25) is 0 Å². The molecule has 0 spiro atoms. The molecule has 4 nitrogen and oxygen atoms in total. The number of nitrogens with one attached hydrogen (secondary N) is 1. The van der Waals surface area contributed by atoms with Gasteiger partial charge in [0.15, 0.2) is 0 Å². The van der Waals surface area contributed by atoms with Crippen molar-refractivity contribution < 1.29 is 4.79 Å². The zero-order valence-corrected chi connectivity index (χ0v) is 8.60. The molecule has 0 fully saturated rings. The Morgan fingerprint density at radius 3 is 3.08 bits per heavy atom. The Morgan fingerprint density at radius 1 is 1.77 bits per heavy atom. The van der Waals surface area contributed by atoms with E-state index in [0.717, 1.165) is 6.54 Å². The average Bonchev–Trinajstić information content (AvgIpc) is 2.65. The number of amides is 1. The van der Waals surface area contributed by atoms with Gasteiger partial charge in [-0.2, -0.15) is 0 Å². The Labute approximate surface area is 81.6 Å². The third kappa shape index (κ3) is 2.78. The minimum Gasteiger partial charge on any atom is -0.340 e. The first kappa shape index (κ1) is 10.1. The van der Waals surface area contributed by atoms with Gasteiger partial charge in [-0.15, -0.1) is 11.3 Å². The summed E-state index contributed by atoms with van der Waals surface area (Å²) >= 11 is 1.37. The molecule has 1 heterocycles. The van der Waals surface area contributed by atoms with Crippen molar-refractivity contribution in [3.63, 3.8) is 0 Å². The molecule has 0 atom stereocenters. The van der Waals surface area contributed by atoms with E-state index in [0.29, 0.717) is 11.4 Å². The normalized spacial score (nSPS) is 10.0. The fourth-order valence-corrected chi connectivity index (χ4v) is 1.50. The molecule has 0 aliphatic heterocycles. The van der Waals surface area contributed by atoms with Crippen LogP contribution in [0, 0.1) is 0 Å². The number of nitrogens with zero attached hydrogens (tertiary/aromatic N) is 2. The van der Waals surface area contributed by atoms with E-state index in [1.165, 1.54) is 11.3 Å². The van der Waals surface area contributed by atoms with Crippen molar-refractivity contribution in [3.05, 3.63) is 16.6 Å². The van der Waals surface area contributed by atoms with Crippen molar-refractivity contribution in [3.8, 4) is 0 Å². The Balaban J connectivity index is 2.48. The summed E-state index contributed by atoms with van der Waals surface area (Å²) in [6.45, 7) is 1.52. The predicted octanol–water partition coefficient (Wildman–Crippen LogP) is 0.435. The lowest BCUT2D eigenvalue weighted by atomic mass is 10.4. The van der Waals surface area contributed by atoms with Crippen molar-refractivity contribution in [2.24, 2.45) is 0 Å². The molecule has 0 saturated heterocycles. The van der Waals surface area contributed by atoms with Crippen LogP contribution >= 0.6 is 11.3 Å². The molecule has 1 amide bonds. The standard InChI is InChI=1S/C8H13N3OS/c1-9-3-4-11(2)8(12)7-5-10-6-13-7/h5-6,9H,3-4H2,1-2H3. The molecule has 0 aliphatic carbocycles. The van der Waals surface area contributed by atoms with Gasteiger partial charge in [-0.25, -0.2) is 0 Å². The summed E-state index contributed by atoms with van der Waals surface area (Å²) in [6.07, 6.45) is 1.60. The van der Waals surface area contributed by atoms with E-state index in [4.69, 9.17) is 0 Å². The van der Waals surface area contributed by atoms with Gasteiger partial charge in [-0.05, 0) is 7.05 Å². The van der Waals surface area contributed by atoms with E-state index in [2.05, 4.69) is 10.3 Å². The van der Waals surface area contributed by atoms with Crippen LogP contribution < -0.4 is 5.32 Å². The molecule has 72 valence electrons. The molecule has 0 bridgehead atoms. The highest BCUT2D eigenvalue weighted by Crippen LogP contribution is 2.07. The minimum absolute atomic E-state index is 0.0396. The van der Waals surface area contributed by atoms with Crippen molar-refractivity contribution in [1.29, 1.82) is 0 Å². The molecule has 0 aliphatic rings. The third-order valence-electron chi connectivity index (χ3n) is 1.69. The Kier molecular flexibility index (Phi) is 3.85. The van der Waals surface area contributed by atoms with Gasteiger partial charge in [-0.3, -0.25) is 9.78 Å². The Bertz CT molecular complexity index is 260. The molecule has 0 radical (unpaired) electrons. The number of carbonyl (C=O) groups is 1. The smallest absolute Gasteiger partial charge is 0.265 e. The maximum absolute atomic E-state index is 11.6. The van der Waals surface area contributed by atoms with Crippen LogP contribution in [0.5, 0.6) is 0 Å². The quantitative estimate of drug-likeness (QED) is 0.765. The molecule has 1 N–H and O–H groups in total. The van der Waals surface area contributed by atoms with Crippen LogP contribution in [-0.2, 0) is 0 Å². The average molecular weight is 199 g/mol. The summed E-state index contributed by atoms with van der Waals surface area (Å²) in [5.41, 5.74) is 1.67. The number of carbonyl (C=O) groups excluding carboxylic acids is 1. The summed E-state index contributed by atoms with van der Waals surface area (Å²) in [5, 5.41) is 2.99. The zero-order valence-electron chi connectivity index (χ0n) is 7.78. The fraction of sp³-hybridized carbons (Fsp3) is 0.500. The van der Waals surface area contributed by atoms with E-state index in [1.807, 2.05) is 7.05 Å². The number of likely N-dealkylation sites (N-methyl/N-ethyl adjacent to an activating group) is 2. The number of hydrogen-bond acceptors (Lipinski definition) is 4. The predicted molar refractivity (Wildman–Crippen MR) is 53.0 cm³/mol.